The number of halogens is 2. The van der Waals surface area contributed by atoms with Crippen LogP contribution in [0.5, 0.6) is 0 Å². The van der Waals surface area contributed by atoms with Gasteiger partial charge in [0.25, 0.3) is 0 Å². The molecule has 2 nitrogen and oxygen atoms in total. The van der Waals surface area contributed by atoms with Crippen molar-refractivity contribution in [3.05, 3.63) is 35.1 Å². The highest BCUT2D eigenvalue weighted by Gasteiger charge is 2.00. The standard InChI is InChI=1S/C8H7FN2.ClH/c9-8-3-6(4-10)1-2-7(8)5-11;/h1-3H,4,10H2;1H. The molecule has 2 N–H and O–H groups in total. The van der Waals surface area contributed by atoms with E-state index in [0.717, 1.165) is 0 Å². The molecule has 0 unspecified atom stereocenters. The first kappa shape index (κ1) is 10.9. The van der Waals surface area contributed by atoms with E-state index >= 15 is 0 Å². The Labute approximate surface area is 76.2 Å². The molecular formula is C8H8ClFN2. The lowest BCUT2D eigenvalue weighted by atomic mass is 10.1. The Hall–Kier alpha value is -1.11. The monoisotopic (exact) mass is 186 g/mol. The fourth-order valence-electron chi connectivity index (χ4n) is 0.776. The van der Waals surface area contributed by atoms with Crippen LogP contribution >= 0.6 is 12.4 Å². The summed E-state index contributed by atoms with van der Waals surface area (Å²) in [5, 5.41) is 8.36. The second kappa shape index (κ2) is 4.70. The van der Waals surface area contributed by atoms with E-state index in [9.17, 15) is 4.39 Å². The highest BCUT2D eigenvalue weighted by molar-refractivity contribution is 5.85. The topological polar surface area (TPSA) is 49.8 Å². The Morgan fingerprint density at radius 3 is 2.58 bits per heavy atom. The highest BCUT2D eigenvalue weighted by Crippen LogP contribution is 2.08. The van der Waals surface area contributed by atoms with Crippen LogP contribution in [0.3, 0.4) is 0 Å². The summed E-state index contributed by atoms with van der Waals surface area (Å²) < 4.78 is 12.8. The maximum Gasteiger partial charge on any atom is 0.141 e. The van der Waals surface area contributed by atoms with E-state index in [2.05, 4.69) is 0 Å². The number of hydrogen-bond acceptors (Lipinski definition) is 2. The molecule has 0 aliphatic carbocycles. The minimum absolute atomic E-state index is 0. The average molecular weight is 187 g/mol. The predicted molar refractivity (Wildman–Crippen MR) is 46.3 cm³/mol. The molecule has 0 aliphatic heterocycles. The normalized spacial score (nSPS) is 8.42. The van der Waals surface area contributed by atoms with E-state index in [0.29, 0.717) is 12.1 Å². The first-order chi connectivity index (χ1) is 5.27. The van der Waals surface area contributed by atoms with E-state index in [-0.39, 0.29) is 18.0 Å². The van der Waals surface area contributed by atoms with Gasteiger partial charge in [0.2, 0.25) is 0 Å². The highest BCUT2D eigenvalue weighted by atomic mass is 35.5. The molecule has 0 saturated carbocycles. The van der Waals surface area contributed by atoms with Crippen LogP contribution < -0.4 is 5.73 Å². The minimum Gasteiger partial charge on any atom is -0.326 e. The first-order valence-corrected chi connectivity index (χ1v) is 3.16. The first-order valence-electron chi connectivity index (χ1n) is 3.16. The third-order valence-electron chi connectivity index (χ3n) is 1.39. The summed E-state index contributed by atoms with van der Waals surface area (Å²) >= 11 is 0. The Kier molecular flexibility index (Phi) is 4.27. The second-order valence-electron chi connectivity index (χ2n) is 2.13. The fraction of sp³-hybridized carbons (Fsp3) is 0.125. The lowest BCUT2D eigenvalue weighted by Gasteiger charge is -1.96. The smallest absolute Gasteiger partial charge is 0.141 e. The van der Waals surface area contributed by atoms with Gasteiger partial charge in [-0.05, 0) is 17.7 Å². The number of hydrogen-bond donors (Lipinski definition) is 1. The zero-order chi connectivity index (χ0) is 8.27. The molecule has 0 heterocycles. The average Bonchev–Trinajstić information content (AvgIpc) is 2.04. The van der Waals surface area contributed by atoms with Gasteiger partial charge >= 0.3 is 0 Å². The van der Waals surface area contributed by atoms with E-state index < -0.39 is 5.82 Å². The number of benzene rings is 1. The van der Waals surface area contributed by atoms with Crippen LogP contribution in [0.1, 0.15) is 11.1 Å². The van der Waals surface area contributed by atoms with Crippen molar-refractivity contribution in [1.29, 1.82) is 5.26 Å². The van der Waals surface area contributed by atoms with Gasteiger partial charge in [0, 0.05) is 6.54 Å². The summed E-state index contributed by atoms with van der Waals surface area (Å²) in [6, 6.07) is 6.08. The fourth-order valence-corrected chi connectivity index (χ4v) is 0.776. The largest absolute Gasteiger partial charge is 0.326 e. The van der Waals surface area contributed by atoms with Crippen molar-refractivity contribution in [2.24, 2.45) is 5.73 Å². The Morgan fingerprint density at radius 2 is 2.17 bits per heavy atom. The van der Waals surface area contributed by atoms with Gasteiger partial charge in [0.1, 0.15) is 11.9 Å². The van der Waals surface area contributed by atoms with Crippen molar-refractivity contribution < 1.29 is 4.39 Å². The quantitative estimate of drug-likeness (QED) is 0.724. The van der Waals surface area contributed by atoms with Crippen molar-refractivity contribution in [1.82, 2.24) is 0 Å². The number of nitriles is 1. The molecule has 1 aromatic carbocycles. The van der Waals surface area contributed by atoms with Crippen LogP contribution in [0.4, 0.5) is 4.39 Å². The van der Waals surface area contributed by atoms with Crippen LogP contribution in [0.15, 0.2) is 18.2 Å². The SMILES string of the molecule is Cl.N#Cc1ccc(CN)cc1F. The van der Waals surface area contributed by atoms with Crippen LogP contribution in [-0.2, 0) is 6.54 Å². The molecule has 12 heavy (non-hydrogen) atoms. The predicted octanol–water partition coefficient (Wildman–Crippen LogP) is 1.58. The van der Waals surface area contributed by atoms with Gasteiger partial charge < -0.3 is 5.73 Å². The molecule has 0 saturated heterocycles. The molecule has 1 aromatic rings. The van der Waals surface area contributed by atoms with E-state index in [4.69, 9.17) is 11.0 Å². The van der Waals surface area contributed by atoms with Gasteiger partial charge in [-0.25, -0.2) is 4.39 Å². The van der Waals surface area contributed by atoms with E-state index in [1.165, 1.54) is 12.1 Å². The van der Waals surface area contributed by atoms with Crippen molar-refractivity contribution >= 4 is 12.4 Å². The lowest BCUT2D eigenvalue weighted by Crippen LogP contribution is -1.97. The van der Waals surface area contributed by atoms with E-state index in [1.807, 2.05) is 0 Å². The van der Waals surface area contributed by atoms with Gasteiger partial charge in [-0.15, -0.1) is 12.4 Å². The van der Waals surface area contributed by atoms with Crippen LogP contribution in [0.25, 0.3) is 0 Å². The minimum atomic E-state index is -0.504. The third kappa shape index (κ3) is 2.19. The molecule has 0 aromatic heterocycles. The maximum absolute atomic E-state index is 12.8. The van der Waals surface area contributed by atoms with E-state index in [1.54, 1.807) is 12.1 Å². The molecule has 0 radical (unpaired) electrons. The Morgan fingerprint density at radius 1 is 1.50 bits per heavy atom. The third-order valence-corrected chi connectivity index (χ3v) is 1.39. The number of nitrogens with zero attached hydrogens (tertiary/aromatic N) is 1. The van der Waals surface area contributed by atoms with Crippen molar-refractivity contribution in [3.63, 3.8) is 0 Å². The van der Waals surface area contributed by atoms with Gasteiger partial charge in [-0.2, -0.15) is 5.26 Å². The van der Waals surface area contributed by atoms with Gasteiger partial charge in [0.05, 0.1) is 5.56 Å². The lowest BCUT2D eigenvalue weighted by molar-refractivity contribution is 0.621. The zero-order valence-electron chi connectivity index (χ0n) is 6.25. The Balaban J connectivity index is 0.00000121. The molecule has 0 atom stereocenters. The number of rotatable bonds is 1. The second-order valence-corrected chi connectivity index (χ2v) is 2.13. The molecule has 64 valence electrons. The summed E-state index contributed by atoms with van der Waals surface area (Å²) in [5.41, 5.74) is 6.01. The van der Waals surface area contributed by atoms with Gasteiger partial charge in [-0.1, -0.05) is 6.07 Å². The molecule has 0 fully saturated rings. The molecule has 0 spiro atoms. The van der Waals surface area contributed by atoms with Crippen LogP contribution in [0.2, 0.25) is 0 Å². The Bertz CT molecular complexity index is 306. The van der Waals surface area contributed by atoms with Crippen molar-refractivity contribution in [2.75, 3.05) is 0 Å². The summed E-state index contributed by atoms with van der Waals surface area (Å²) in [6.45, 7) is 0.294. The summed E-state index contributed by atoms with van der Waals surface area (Å²) in [6.07, 6.45) is 0. The van der Waals surface area contributed by atoms with Gasteiger partial charge in [0.15, 0.2) is 0 Å². The van der Waals surface area contributed by atoms with Gasteiger partial charge in [-0.3, -0.25) is 0 Å². The van der Waals surface area contributed by atoms with Crippen LogP contribution in [-0.4, -0.2) is 0 Å². The zero-order valence-corrected chi connectivity index (χ0v) is 7.07. The molecule has 4 heteroatoms. The molecule has 0 aliphatic rings. The summed E-state index contributed by atoms with van der Waals surface area (Å²) in [5.74, 6) is -0.504. The summed E-state index contributed by atoms with van der Waals surface area (Å²) in [4.78, 5) is 0. The van der Waals surface area contributed by atoms with Crippen LogP contribution in [0, 0.1) is 17.1 Å². The van der Waals surface area contributed by atoms with Crippen molar-refractivity contribution in [2.45, 2.75) is 6.54 Å². The molecule has 0 amide bonds. The molecule has 1 rings (SSSR count). The maximum atomic E-state index is 12.8. The molecular weight excluding hydrogens is 179 g/mol. The number of nitrogens with two attached hydrogens (primary N) is 1. The van der Waals surface area contributed by atoms with Crippen molar-refractivity contribution in [3.8, 4) is 6.07 Å². The summed E-state index contributed by atoms with van der Waals surface area (Å²) in [7, 11) is 0. The molecule has 0 bridgehead atoms.